The van der Waals surface area contributed by atoms with Crippen LogP contribution >= 0.6 is 0 Å². The maximum Gasteiger partial charge on any atom is 0.221 e. The predicted molar refractivity (Wildman–Crippen MR) is 66.3 cm³/mol. The lowest BCUT2D eigenvalue weighted by Crippen LogP contribution is -2.22. The summed E-state index contributed by atoms with van der Waals surface area (Å²) in [7, 11) is 0. The van der Waals surface area contributed by atoms with Crippen molar-refractivity contribution in [2.24, 2.45) is 5.73 Å². The molecule has 94 valence electrons. The number of rotatable bonds is 7. The van der Waals surface area contributed by atoms with Crippen molar-refractivity contribution in [1.29, 1.82) is 0 Å². The molecule has 0 bridgehead atoms. The molecule has 5 heteroatoms. The maximum absolute atomic E-state index is 13.1. The molecule has 0 saturated carbocycles. The van der Waals surface area contributed by atoms with Crippen LogP contribution in [-0.2, 0) is 11.2 Å². The maximum atomic E-state index is 13.1. The molecule has 0 aliphatic heterocycles. The van der Waals surface area contributed by atoms with Gasteiger partial charge in [0.2, 0.25) is 5.91 Å². The molecule has 0 heterocycles. The summed E-state index contributed by atoms with van der Waals surface area (Å²) in [6, 6.07) is 4.29. The summed E-state index contributed by atoms with van der Waals surface area (Å²) in [6.07, 6.45) is 0.115. The summed E-state index contributed by atoms with van der Waals surface area (Å²) in [4.78, 5) is 10.9. The van der Waals surface area contributed by atoms with Crippen molar-refractivity contribution in [3.63, 3.8) is 0 Å². The SMILES string of the molecule is CCNCCNc1cc(F)ccc1CC(N)=O. The minimum Gasteiger partial charge on any atom is -0.383 e. The van der Waals surface area contributed by atoms with Gasteiger partial charge < -0.3 is 16.4 Å². The highest BCUT2D eigenvalue weighted by Crippen LogP contribution is 2.17. The molecule has 1 amide bonds. The number of carbonyl (C=O) groups is 1. The third kappa shape index (κ3) is 4.82. The zero-order valence-corrected chi connectivity index (χ0v) is 9.92. The number of hydrogen-bond acceptors (Lipinski definition) is 3. The first-order valence-electron chi connectivity index (χ1n) is 5.64. The van der Waals surface area contributed by atoms with Gasteiger partial charge >= 0.3 is 0 Å². The smallest absolute Gasteiger partial charge is 0.221 e. The zero-order chi connectivity index (χ0) is 12.7. The van der Waals surface area contributed by atoms with Crippen molar-refractivity contribution in [3.8, 4) is 0 Å². The van der Waals surface area contributed by atoms with Crippen molar-refractivity contribution in [2.45, 2.75) is 13.3 Å². The Morgan fingerprint density at radius 2 is 2.18 bits per heavy atom. The number of primary amides is 1. The average molecular weight is 239 g/mol. The minimum atomic E-state index is -0.425. The van der Waals surface area contributed by atoms with Crippen LogP contribution in [0.15, 0.2) is 18.2 Å². The Labute approximate surface area is 100 Å². The van der Waals surface area contributed by atoms with Crippen LogP contribution in [-0.4, -0.2) is 25.5 Å². The Bertz CT molecular complexity index is 382. The molecule has 0 aliphatic rings. The molecular formula is C12H18FN3O. The van der Waals surface area contributed by atoms with E-state index in [4.69, 9.17) is 5.73 Å². The fourth-order valence-corrected chi connectivity index (χ4v) is 1.52. The van der Waals surface area contributed by atoms with Crippen LogP contribution in [0.3, 0.4) is 0 Å². The van der Waals surface area contributed by atoms with Crippen LogP contribution in [0.4, 0.5) is 10.1 Å². The number of amides is 1. The summed E-state index contributed by atoms with van der Waals surface area (Å²) in [5.74, 6) is -0.754. The standard InChI is InChI=1S/C12H18FN3O/c1-2-15-5-6-16-11-8-10(13)4-3-9(11)7-12(14)17/h3-4,8,15-16H,2,5-7H2,1H3,(H2,14,17). The van der Waals surface area contributed by atoms with E-state index in [9.17, 15) is 9.18 Å². The monoisotopic (exact) mass is 239 g/mol. The molecule has 0 spiro atoms. The topological polar surface area (TPSA) is 67.2 Å². The normalized spacial score (nSPS) is 10.2. The fourth-order valence-electron chi connectivity index (χ4n) is 1.52. The number of carbonyl (C=O) groups excluding carboxylic acids is 1. The second-order valence-corrected chi connectivity index (χ2v) is 3.72. The Morgan fingerprint density at radius 1 is 1.41 bits per heavy atom. The largest absolute Gasteiger partial charge is 0.383 e. The van der Waals surface area contributed by atoms with Gasteiger partial charge in [0.15, 0.2) is 0 Å². The van der Waals surface area contributed by atoms with E-state index in [0.29, 0.717) is 12.2 Å². The summed E-state index contributed by atoms with van der Waals surface area (Å²) in [5, 5.41) is 6.23. The summed E-state index contributed by atoms with van der Waals surface area (Å²) in [5.41, 5.74) is 6.48. The summed E-state index contributed by atoms with van der Waals surface area (Å²) < 4.78 is 13.1. The van der Waals surface area contributed by atoms with Gasteiger partial charge in [0.1, 0.15) is 5.82 Å². The molecule has 0 saturated heterocycles. The average Bonchev–Trinajstić information content (AvgIpc) is 2.27. The first kappa shape index (κ1) is 13.4. The molecule has 1 rings (SSSR count). The van der Waals surface area contributed by atoms with E-state index < -0.39 is 5.91 Å². The Morgan fingerprint density at radius 3 is 2.82 bits per heavy atom. The van der Waals surface area contributed by atoms with E-state index in [1.54, 1.807) is 6.07 Å². The molecule has 0 unspecified atom stereocenters. The second kappa shape index (κ2) is 6.85. The fraction of sp³-hybridized carbons (Fsp3) is 0.417. The molecule has 1 aromatic carbocycles. The van der Waals surface area contributed by atoms with Gasteiger partial charge in [-0.05, 0) is 24.2 Å². The molecule has 0 fully saturated rings. The lowest BCUT2D eigenvalue weighted by Gasteiger charge is -2.11. The number of anilines is 1. The highest BCUT2D eigenvalue weighted by molar-refractivity contribution is 5.78. The predicted octanol–water partition coefficient (Wildman–Crippen LogP) is 0.875. The van der Waals surface area contributed by atoms with Crippen LogP contribution in [0.2, 0.25) is 0 Å². The molecule has 4 N–H and O–H groups in total. The van der Waals surface area contributed by atoms with E-state index in [1.807, 2.05) is 6.92 Å². The number of halogens is 1. The highest BCUT2D eigenvalue weighted by Gasteiger charge is 2.06. The zero-order valence-electron chi connectivity index (χ0n) is 9.92. The number of hydrogen-bond donors (Lipinski definition) is 3. The van der Waals surface area contributed by atoms with E-state index >= 15 is 0 Å². The van der Waals surface area contributed by atoms with Gasteiger partial charge in [-0.3, -0.25) is 4.79 Å². The van der Waals surface area contributed by atoms with Gasteiger partial charge in [0.25, 0.3) is 0 Å². The van der Waals surface area contributed by atoms with Gasteiger partial charge in [0.05, 0.1) is 6.42 Å². The molecule has 1 aromatic rings. The third-order valence-corrected chi connectivity index (χ3v) is 2.30. The first-order chi connectivity index (χ1) is 8.13. The first-order valence-corrected chi connectivity index (χ1v) is 5.64. The quantitative estimate of drug-likeness (QED) is 0.619. The summed E-state index contributed by atoms with van der Waals surface area (Å²) >= 11 is 0. The van der Waals surface area contributed by atoms with Crippen molar-refractivity contribution in [3.05, 3.63) is 29.6 Å². The van der Waals surface area contributed by atoms with E-state index in [-0.39, 0.29) is 12.2 Å². The van der Waals surface area contributed by atoms with Crippen LogP contribution < -0.4 is 16.4 Å². The second-order valence-electron chi connectivity index (χ2n) is 3.72. The van der Waals surface area contributed by atoms with Gasteiger partial charge in [-0.15, -0.1) is 0 Å². The third-order valence-electron chi connectivity index (χ3n) is 2.30. The van der Waals surface area contributed by atoms with Crippen molar-refractivity contribution >= 4 is 11.6 Å². The number of likely N-dealkylation sites (N-methyl/N-ethyl adjacent to an activating group) is 1. The molecular weight excluding hydrogens is 221 g/mol. The molecule has 0 aromatic heterocycles. The number of benzene rings is 1. The minimum absolute atomic E-state index is 0.115. The van der Waals surface area contributed by atoms with E-state index in [1.165, 1.54) is 12.1 Å². The van der Waals surface area contributed by atoms with Crippen molar-refractivity contribution in [2.75, 3.05) is 25.0 Å². The molecule has 0 aliphatic carbocycles. The van der Waals surface area contributed by atoms with E-state index in [2.05, 4.69) is 10.6 Å². The molecule has 0 atom stereocenters. The summed E-state index contributed by atoms with van der Waals surface area (Å²) in [6.45, 7) is 4.35. The molecule has 4 nitrogen and oxygen atoms in total. The highest BCUT2D eigenvalue weighted by atomic mass is 19.1. The van der Waals surface area contributed by atoms with Crippen LogP contribution in [0.25, 0.3) is 0 Å². The van der Waals surface area contributed by atoms with Gasteiger partial charge in [-0.1, -0.05) is 13.0 Å². The Kier molecular flexibility index (Phi) is 5.42. The van der Waals surface area contributed by atoms with Crippen molar-refractivity contribution in [1.82, 2.24) is 5.32 Å². The van der Waals surface area contributed by atoms with Crippen LogP contribution in [0.1, 0.15) is 12.5 Å². The lowest BCUT2D eigenvalue weighted by molar-refractivity contribution is -0.117. The van der Waals surface area contributed by atoms with Gasteiger partial charge in [-0.2, -0.15) is 0 Å². The molecule has 0 radical (unpaired) electrons. The molecule has 17 heavy (non-hydrogen) atoms. The van der Waals surface area contributed by atoms with Gasteiger partial charge in [0, 0.05) is 18.8 Å². The van der Waals surface area contributed by atoms with Crippen molar-refractivity contribution < 1.29 is 9.18 Å². The number of nitrogens with one attached hydrogen (secondary N) is 2. The van der Waals surface area contributed by atoms with Crippen LogP contribution in [0, 0.1) is 5.82 Å². The van der Waals surface area contributed by atoms with Gasteiger partial charge in [-0.25, -0.2) is 4.39 Å². The number of nitrogens with two attached hydrogens (primary N) is 1. The Balaban J connectivity index is 2.66. The van der Waals surface area contributed by atoms with Crippen LogP contribution in [0.5, 0.6) is 0 Å². The lowest BCUT2D eigenvalue weighted by atomic mass is 10.1. The van der Waals surface area contributed by atoms with E-state index in [0.717, 1.165) is 18.7 Å². The Hall–Kier alpha value is -1.62.